The Bertz CT molecular complexity index is 918. The molecule has 1 amide bonds. The Morgan fingerprint density at radius 2 is 2.04 bits per heavy atom. The number of aliphatic hydroxyl groups excluding tert-OH is 1. The highest BCUT2D eigenvalue weighted by molar-refractivity contribution is 7.91. The van der Waals surface area contributed by atoms with Crippen LogP contribution in [0.15, 0.2) is 40.6 Å². The third kappa shape index (κ3) is 4.72. The van der Waals surface area contributed by atoms with Gasteiger partial charge in [0.25, 0.3) is 15.9 Å². The van der Waals surface area contributed by atoms with Crippen LogP contribution in [-0.2, 0) is 16.6 Å². The minimum atomic E-state index is -3.53. The van der Waals surface area contributed by atoms with Crippen molar-refractivity contribution in [1.29, 1.82) is 0 Å². The smallest absolute Gasteiger partial charge is 0.252 e. The molecule has 0 radical (unpaired) electrons. The number of methoxy groups -OCH3 is 1. The van der Waals surface area contributed by atoms with Crippen LogP contribution in [0.25, 0.3) is 0 Å². The van der Waals surface area contributed by atoms with Crippen molar-refractivity contribution in [3.63, 3.8) is 0 Å². The highest BCUT2D eigenvalue weighted by atomic mass is 32.2. The molecule has 0 bridgehead atoms. The van der Waals surface area contributed by atoms with Crippen molar-refractivity contribution in [3.8, 4) is 5.75 Å². The second-order valence-corrected chi connectivity index (χ2v) is 10.00. The van der Waals surface area contributed by atoms with E-state index in [4.69, 9.17) is 4.74 Å². The molecule has 1 fully saturated rings. The summed E-state index contributed by atoms with van der Waals surface area (Å²) in [5.41, 5.74) is 0.482. The molecular weight excluding hydrogens is 400 g/mol. The normalized spacial score (nSPS) is 16.1. The fourth-order valence-corrected chi connectivity index (χ4v) is 6.00. The molecule has 0 spiro atoms. The number of amides is 1. The average molecular weight is 425 g/mol. The molecule has 0 aliphatic carbocycles. The summed E-state index contributed by atoms with van der Waals surface area (Å²) in [7, 11) is -1.99. The van der Waals surface area contributed by atoms with Crippen LogP contribution in [0.2, 0.25) is 0 Å². The van der Waals surface area contributed by atoms with Crippen molar-refractivity contribution >= 4 is 27.3 Å². The van der Waals surface area contributed by atoms with Crippen LogP contribution in [0.1, 0.15) is 28.1 Å². The molecule has 7 nitrogen and oxygen atoms in total. The quantitative estimate of drug-likeness (QED) is 0.710. The Morgan fingerprint density at radius 1 is 1.29 bits per heavy atom. The highest BCUT2D eigenvalue weighted by Gasteiger charge is 2.30. The molecule has 3 rings (SSSR count). The van der Waals surface area contributed by atoms with E-state index in [0.29, 0.717) is 37.2 Å². The summed E-state index contributed by atoms with van der Waals surface area (Å²) in [6, 6.07) is 10.2. The number of benzene rings is 1. The van der Waals surface area contributed by atoms with E-state index in [0.717, 1.165) is 4.88 Å². The van der Waals surface area contributed by atoms with Gasteiger partial charge in [-0.3, -0.25) is 4.79 Å². The summed E-state index contributed by atoms with van der Waals surface area (Å²) in [6.45, 7) is 1.20. The lowest BCUT2D eigenvalue weighted by Gasteiger charge is -2.29. The van der Waals surface area contributed by atoms with E-state index >= 15 is 0 Å². The van der Waals surface area contributed by atoms with Crippen molar-refractivity contribution in [1.82, 2.24) is 9.62 Å². The standard InChI is InChI=1S/C19H24N2O5S2/c1-26-16-4-2-3-15(11-16)19(23)20-12-17-5-6-18(27-17)28(24,25)21-9-7-14(13-22)8-10-21/h2-6,11,14,22H,7-10,12-13H2,1H3,(H,20,23). The van der Waals surface area contributed by atoms with E-state index in [1.165, 1.54) is 22.8 Å². The van der Waals surface area contributed by atoms with Gasteiger partial charge in [-0.1, -0.05) is 6.07 Å². The van der Waals surface area contributed by atoms with E-state index in [-0.39, 0.29) is 29.2 Å². The molecule has 1 aliphatic heterocycles. The number of aliphatic hydroxyl groups is 1. The zero-order chi connectivity index (χ0) is 20.1. The van der Waals surface area contributed by atoms with Crippen molar-refractivity contribution in [3.05, 3.63) is 46.8 Å². The third-order valence-corrected chi connectivity index (χ3v) is 8.27. The number of piperidine rings is 1. The first-order valence-corrected chi connectivity index (χ1v) is 11.3. The number of sulfonamides is 1. The Labute approximate surface area is 169 Å². The Balaban J connectivity index is 1.61. The van der Waals surface area contributed by atoms with Crippen molar-refractivity contribution in [2.24, 2.45) is 5.92 Å². The summed E-state index contributed by atoms with van der Waals surface area (Å²) in [6.07, 6.45) is 1.34. The van der Waals surface area contributed by atoms with E-state index in [1.807, 2.05) is 0 Å². The fourth-order valence-electron chi connectivity index (χ4n) is 3.09. The lowest BCUT2D eigenvalue weighted by Crippen LogP contribution is -2.38. The van der Waals surface area contributed by atoms with Crippen LogP contribution in [0, 0.1) is 5.92 Å². The van der Waals surface area contributed by atoms with Crippen LogP contribution < -0.4 is 10.1 Å². The van der Waals surface area contributed by atoms with Gasteiger partial charge in [0, 0.05) is 30.1 Å². The number of rotatable bonds is 7. The van der Waals surface area contributed by atoms with Gasteiger partial charge in [0.1, 0.15) is 9.96 Å². The van der Waals surface area contributed by atoms with Gasteiger partial charge in [-0.25, -0.2) is 8.42 Å². The SMILES string of the molecule is COc1cccc(C(=O)NCc2ccc(S(=O)(=O)N3CCC(CO)CC3)s2)c1. The molecule has 2 N–H and O–H groups in total. The number of hydrogen-bond acceptors (Lipinski definition) is 6. The Morgan fingerprint density at radius 3 is 2.71 bits per heavy atom. The largest absolute Gasteiger partial charge is 0.497 e. The van der Waals surface area contributed by atoms with Gasteiger partial charge in [-0.2, -0.15) is 4.31 Å². The number of carbonyl (C=O) groups excluding carboxylic acids is 1. The molecule has 0 atom stereocenters. The molecule has 1 aliphatic rings. The van der Waals surface area contributed by atoms with Gasteiger partial charge in [0.05, 0.1) is 13.7 Å². The number of nitrogens with zero attached hydrogens (tertiary/aromatic N) is 1. The van der Waals surface area contributed by atoms with Gasteiger partial charge < -0.3 is 15.2 Å². The van der Waals surface area contributed by atoms with E-state index in [9.17, 15) is 18.3 Å². The second-order valence-electron chi connectivity index (χ2n) is 6.67. The zero-order valence-corrected chi connectivity index (χ0v) is 17.3. The van der Waals surface area contributed by atoms with Gasteiger partial charge in [-0.05, 0) is 49.1 Å². The number of nitrogens with one attached hydrogen (secondary N) is 1. The van der Waals surface area contributed by atoms with Crippen molar-refractivity contribution in [2.45, 2.75) is 23.6 Å². The van der Waals surface area contributed by atoms with Crippen LogP contribution in [0.3, 0.4) is 0 Å². The average Bonchev–Trinajstić information content (AvgIpc) is 3.22. The molecule has 152 valence electrons. The molecular formula is C19H24N2O5S2. The maximum absolute atomic E-state index is 12.8. The van der Waals surface area contributed by atoms with Crippen LogP contribution >= 0.6 is 11.3 Å². The van der Waals surface area contributed by atoms with Crippen molar-refractivity contribution < 1.29 is 23.1 Å². The summed E-state index contributed by atoms with van der Waals surface area (Å²) < 4.78 is 32.5. The fraction of sp³-hybridized carbons (Fsp3) is 0.421. The molecule has 0 unspecified atom stereocenters. The molecule has 2 heterocycles. The molecule has 0 saturated carbocycles. The predicted octanol–water partition coefficient (Wildman–Crippen LogP) is 2.08. The monoisotopic (exact) mass is 424 g/mol. The van der Waals surface area contributed by atoms with Gasteiger partial charge in [0.2, 0.25) is 0 Å². The molecule has 1 aromatic carbocycles. The first-order valence-electron chi connectivity index (χ1n) is 9.06. The van der Waals surface area contributed by atoms with E-state index < -0.39 is 10.0 Å². The topological polar surface area (TPSA) is 95.9 Å². The highest BCUT2D eigenvalue weighted by Crippen LogP contribution is 2.28. The van der Waals surface area contributed by atoms with E-state index in [2.05, 4.69) is 5.32 Å². The van der Waals surface area contributed by atoms with Gasteiger partial charge in [0.15, 0.2) is 0 Å². The number of hydrogen-bond donors (Lipinski definition) is 2. The maximum atomic E-state index is 12.8. The second kappa shape index (κ2) is 9.04. The lowest BCUT2D eigenvalue weighted by molar-refractivity contribution is 0.0951. The van der Waals surface area contributed by atoms with E-state index in [1.54, 1.807) is 36.4 Å². The van der Waals surface area contributed by atoms with Crippen LogP contribution in [0.5, 0.6) is 5.75 Å². The zero-order valence-electron chi connectivity index (χ0n) is 15.6. The Kier molecular flexibility index (Phi) is 6.71. The summed E-state index contributed by atoms with van der Waals surface area (Å²) in [5.74, 6) is 0.530. The number of ether oxygens (including phenoxy) is 1. The van der Waals surface area contributed by atoms with Crippen LogP contribution in [0.4, 0.5) is 0 Å². The molecule has 9 heteroatoms. The van der Waals surface area contributed by atoms with Gasteiger partial charge in [-0.15, -0.1) is 11.3 Å². The predicted molar refractivity (Wildman–Crippen MR) is 107 cm³/mol. The number of carbonyl (C=O) groups is 1. The maximum Gasteiger partial charge on any atom is 0.252 e. The summed E-state index contributed by atoms with van der Waals surface area (Å²) in [4.78, 5) is 13.1. The number of thiophene rings is 1. The van der Waals surface area contributed by atoms with Crippen molar-refractivity contribution in [2.75, 3.05) is 26.8 Å². The van der Waals surface area contributed by atoms with Crippen LogP contribution in [-0.4, -0.2) is 50.5 Å². The third-order valence-electron chi connectivity index (χ3n) is 4.82. The lowest BCUT2D eigenvalue weighted by atomic mass is 10.00. The Hall–Kier alpha value is -1.94. The summed E-state index contributed by atoms with van der Waals surface area (Å²) >= 11 is 1.17. The molecule has 1 saturated heterocycles. The first kappa shape index (κ1) is 20.8. The first-order chi connectivity index (χ1) is 13.4. The summed E-state index contributed by atoms with van der Waals surface area (Å²) in [5, 5.41) is 12.0. The minimum Gasteiger partial charge on any atom is -0.497 e. The minimum absolute atomic E-state index is 0.101. The molecule has 1 aromatic heterocycles. The molecule has 28 heavy (non-hydrogen) atoms. The molecule has 2 aromatic rings. The van der Waals surface area contributed by atoms with Gasteiger partial charge >= 0.3 is 0 Å².